The summed E-state index contributed by atoms with van der Waals surface area (Å²) >= 11 is 0. The van der Waals surface area contributed by atoms with Crippen LogP contribution in [0.1, 0.15) is 11.1 Å². The van der Waals surface area contributed by atoms with Crippen molar-refractivity contribution in [2.24, 2.45) is 0 Å². The number of hydrogen-bond donors (Lipinski definition) is 1. The molecule has 1 aliphatic heterocycles. The molecule has 0 amide bonds. The number of nitrogens with one attached hydrogen (secondary N) is 1. The molecule has 2 aromatic carbocycles. The minimum Gasteiger partial charge on any atom is -0.490 e. The lowest BCUT2D eigenvalue weighted by Gasteiger charge is -2.21. The van der Waals surface area contributed by atoms with E-state index in [9.17, 15) is 18.0 Å². The molecule has 1 aliphatic rings. The summed E-state index contributed by atoms with van der Waals surface area (Å²) in [5.41, 5.74) is 0.880. The minimum absolute atomic E-state index is 0.0625. The number of hydrogen-bond acceptors (Lipinski definition) is 6. The Morgan fingerprint density at radius 1 is 1.10 bits per heavy atom. The number of ether oxygens (including phenoxy) is 3. The molecule has 7 nitrogen and oxygen atoms in total. The number of halogens is 3. The summed E-state index contributed by atoms with van der Waals surface area (Å²) in [7, 11) is 1.30. The molecule has 31 heavy (non-hydrogen) atoms. The molecule has 2 heterocycles. The van der Waals surface area contributed by atoms with E-state index in [0.717, 1.165) is 17.7 Å². The van der Waals surface area contributed by atoms with Crippen molar-refractivity contribution in [1.29, 1.82) is 0 Å². The van der Waals surface area contributed by atoms with E-state index in [0.29, 0.717) is 30.4 Å². The Hall–Kier alpha value is -3.69. The highest BCUT2D eigenvalue weighted by molar-refractivity contribution is 5.65. The molecule has 0 unspecified atom stereocenters. The fraction of sp³-hybridized carbons (Fsp3) is 0.238. The Balaban J connectivity index is 1.74. The monoisotopic (exact) mass is 433 g/mol. The van der Waals surface area contributed by atoms with Gasteiger partial charge in [0.25, 0.3) is 0 Å². The van der Waals surface area contributed by atoms with Crippen molar-refractivity contribution in [2.45, 2.75) is 13.5 Å². The van der Waals surface area contributed by atoms with Crippen molar-refractivity contribution < 1.29 is 27.4 Å². The third kappa shape index (κ3) is 4.14. The van der Waals surface area contributed by atoms with Crippen molar-refractivity contribution in [3.8, 4) is 17.2 Å². The lowest BCUT2D eigenvalue weighted by atomic mass is 10.1. The van der Waals surface area contributed by atoms with Crippen molar-refractivity contribution in [2.75, 3.05) is 25.6 Å². The second-order valence-electron chi connectivity index (χ2n) is 6.88. The van der Waals surface area contributed by atoms with Crippen LogP contribution in [0.15, 0.2) is 35.3 Å². The second-order valence-corrected chi connectivity index (χ2v) is 6.88. The summed E-state index contributed by atoms with van der Waals surface area (Å²) in [6.45, 7) is 2.58. The average Bonchev–Trinajstić information content (AvgIpc) is 2.74. The zero-order chi connectivity index (χ0) is 22.1. The van der Waals surface area contributed by atoms with Gasteiger partial charge in [-0.25, -0.2) is 13.2 Å². The highest BCUT2D eigenvalue weighted by Crippen LogP contribution is 2.36. The predicted octanol–water partition coefficient (Wildman–Crippen LogP) is 3.54. The van der Waals surface area contributed by atoms with Gasteiger partial charge in [-0.1, -0.05) is 0 Å². The molecular formula is C21H18F3N3O4. The first-order valence-corrected chi connectivity index (χ1v) is 9.32. The zero-order valence-electron chi connectivity index (χ0n) is 16.7. The van der Waals surface area contributed by atoms with Gasteiger partial charge < -0.3 is 24.1 Å². The Morgan fingerprint density at radius 2 is 1.74 bits per heavy atom. The van der Waals surface area contributed by atoms with Crippen molar-refractivity contribution in [3.05, 3.63) is 69.4 Å². The van der Waals surface area contributed by atoms with Gasteiger partial charge >= 0.3 is 5.56 Å². The summed E-state index contributed by atoms with van der Waals surface area (Å²) in [6, 6.07) is 5.25. The summed E-state index contributed by atoms with van der Waals surface area (Å²) in [4.78, 5) is 16.2. The van der Waals surface area contributed by atoms with Gasteiger partial charge in [0.2, 0.25) is 11.7 Å². The maximum absolute atomic E-state index is 13.7. The third-order valence-electron chi connectivity index (χ3n) is 4.72. The highest BCUT2D eigenvalue weighted by atomic mass is 19.2. The Kier molecular flexibility index (Phi) is 5.45. The van der Waals surface area contributed by atoms with Crippen LogP contribution in [0.3, 0.4) is 0 Å². The molecule has 0 bridgehead atoms. The van der Waals surface area contributed by atoms with Crippen LogP contribution in [0.25, 0.3) is 0 Å². The molecule has 0 spiro atoms. The van der Waals surface area contributed by atoms with Crippen LogP contribution in [0.2, 0.25) is 0 Å². The first-order valence-electron chi connectivity index (χ1n) is 9.32. The first-order chi connectivity index (χ1) is 14.9. The number of benzene rings is 2. The van der Waals surface area contributed by atoms with E-state index < -0.39 is 23.0 Å². The third-order valence-corrected chi connectivity index (χ3v) is 4.72. The molecule has 0 radical (unpaired) electrons. The quantitative estimate of drug-likeness (QED) is 0.621. The molecular weight excluding hydrogens is 415 g/mol. The van der Waals surface area contributed by atoms with E-state index in [2.05, 4.69) is 10.3 Å². The average molecular weight is 433 g/mol. The molecule has 3 aromatic rings. The molecule has 4 rings (SSSR count). The Morgan fingerprint density at radius 3 is 2.39 bits per heavy atom. The van der Waals surface area contributed by atoms with E-state index in [1.807, 2.05) is 6.92 Å². The van der Waals surface area contributed by atoms with Crippen LogP contribution >= 0.6 is 0 Å². The topological polar surface area (TPSA) is 74.6 Å². The molecule has 1 N–H and O–H groups in total. The lowest BCUT2D eigenvalue weighted by molar-refractivity contribution is 0.171. The lowest BCUT2D eigenvalue weighted by Crippen LogP contribution is -2.19. The van der Waals surface area contributed by atoms with Crippen LogP contribution < -0.4 is 25.1 Å². The predicted molar refractivity (Wildman–Crippen MR) is 106 cm³/mol. The largest absolute Gasteiger partial charge is 0.490 e. The molecule has 0 saturated carbocycles. The number of fused-ring (bicyclic) bond motifs is 1. The fourth-order valence-corrected chi connectivity index (χ4v) is 3.18. The van der Waals surface area contributed by atoms with Crippen LogP contribution in [0, 0.1) is 24.4 Å². The first kappa shape index (κ1) is 20.6. The van der Waals surface area contributed by atoms with Crippen LogP contribution in [0.4, 0.5) is 24.8 Å². The molecule has 0 aliphatic carbocycles. The molecule has 0 fully saturated rings. The number of aromatic nitrogens is 2. The second kappa shape index (κ2) is 8.21. The van der Waals surface area contributed by atoms with E-state index in [4.69, 9.17) is 14.2 Å². The van der Waals surface area contributed by atoms with Crippen molar-refractivity contribution in [1.82, 2.24) is 9.55 Å². The Labute approximate surface area is 175 Å². The Bertz CT molecular complexity index is 1190. The number of rotatable bonds is 5. The summed E-state index contributed by atoms with van der Waals surface area (Å²) < 4.78 is 58.2. The van der Waals surface area contributed by atoms with Crippen LogP contribution in [0.5, 0.6) is 17.2 Å². The van der Waals surface area contributed by atoms with E-state index >= 15 is 0 Å². The van der Waals surface area contributed by atoms with Gasteiger partial charge in [-0.15, -0.1) is 0 Å². The van der Waals surface area contributed by atoms with E-state index in [-0.39, 0.29) is 23.8 Å². The minimum atomic E-state index is -1.55. The van der Waals surface area contributed by atoms with Gasteiger partial charge in [0.15, 0.2) is 29.0 Å². The van der Waals surface area contributed by atoms with Gasteiger partial charge in [0, 0.05) is 11.8 Å². The van der Waals surface area contributed by atoms with Crippen LogP contribution in [-0.2, 0) is 6.54 Å². The SMILES string of the molecule is COc1cn(Cc2cc(F)c(F)c(F)c2)c(Nc2cc3c(cc2C)OCCO3)nc1=O. The highest BCUT2D eigenvalue weighted by Gasteiger charge is 2.17. The number of aryl methyl sites for hydroxylation is 1. The van der Waals surface area contributed by atoms with Gasteiger partial charge in [0.1, 0.15) is 13.2 Å². The van der Waals surface area contributed by atoms with Crippen molar-refractivity contribution in [3.63, 3.8) is 0 Å². The fourth-order valence-electron chi connectivity index (χ4n) is 3.18. The van der Waals surface area contributed by atoms with Gasteiger partial charge in [-0.05, 0) is 36.2 Å². The van der Waals surface area contributed by atoms with Gasteiger partial charge in [-0.3, -0.25) is 4.79 Å². The van der Waals surface area contributed by atoms with Crippen LogP contribution in [-0.4, -0.2) is 29.9 Å². The summed E-state index contributed by atoms with van der Waals surface area (Å²) in [5, 5.41) is 3.04. The molecule has 1 aromatic heterocycles. The summed E-state index contributed by atoms with van der Waals surface area (Å²) in [6.07, 6.45) is 1.35. The summed E-state index contributed by atoms with van der Waals surface area (Å²) in [5.74, 6) is -3.01. The standard InChI is InChI=1S/C21H18F3N3O4/c1-11-5-16-17(31-4-3-30-16)8-15(11)25-21-26-20(28)18(29-2)10-27(21)9-12-6-13(22)19(24)14(23)7-12/h5-8,10H,3-4,9H2,1-2H3,(H,25,26,28). The number of anilines is 2. The maximum Gasteiger partial charge on any atom is 0.316 e. The normalized spacial score (nSPS) is 12.5. The number of methoxy groups -OCH3 is 1. The molecule has 162 valence electrons. The smallest absolute Gasteiger partial charge is 0.316 e. The van der Waals surface area contributed by atoms with Crippen molar-refractivity contribution >= 4 is 11.6 Å². The number of nitrogens with zero attached hydrogens (tertiary/aromatic N) is 2. The molecule has 0 atom stereocenters. The zero-order valence-corrected chi connectivity index (χ0v) is 16.7. The van der Waals surface area contributed by atoms with Gasteiger partial charge in [-0.2, -0.15) is 4.98 Å². The van der Waals surface area contributed by atoms with Gasteiger partial charge in [0.05, 0.1) is 19.9 Å². The molecule has 10 heteroatoms. The van der Waals surface area contributed by atoms with E-state index in [1.165, 1.54) is 17.9 Å². The molecule has 0 saturated heterocycles. The maximum atomic E-state index is 13.7. The van der Waals surface area contributed by atoms with E-state index in [1.54, 1.807) is 12.1 Å².